The molecular weight excluding hydrogens is 496 g/mol. The van der Waals surface area contributed by atoms with Crippen LogP contribution in [0.4, 0.5) is 0 Å². The summed E-state index contributed by atoms with van der Waals surface area (Å²) in [7, 11) is 3.07. The highest BCUT2D eigenvalue weighted by Crippen LogP contribution is 2.42. The molecule has 8 heteroatoms. The van der Waals surface area contributed by atoms with Crippen LogP contribution in [0.15, 0.2) is 79.0 Å². The summed E-state index contributed by atoms with van der Waals surface area (Å²) < 4.78 is 12.5. The predicted octanol–water partition coefficient (Wildman–Crippen LogP) is 5.46. The van der Waals surface area contributed by atoms with Crippen LogP contribution in [0.5, 0.6) is 5.75 Å². The zero-order valence-corrected chi connectivity index (χ0v) is 22.7. The van der Waals surface area contributed by atoms with Crippen molar-refractivity contribution in [1.82, 2.24) is 19.8 Å². The number of ether oxygens (including phenoxy) is 2. The third-order valence-corrected chi connectivity index (χ3v) is 7.40. The van der Waals surface area contributed by atoms with Crippen molar-refractivity contribution in [3.05, 3.63) is 113 Å². The Morgan fingerprint density at radius 1 is 1.03 bits per heavy atom. The number of carbonyl (C=O) groups is 1. The Labute approximate surface area is 228 Å². The number of pyridine rings is 1. The first-order chi connectivity index (χ1) is 18.4. The van der Waals surface area contributed by atoms with Crippen molar-refractivity contribution in [2.75, 3.05) is 14.2 Å². The summed E-state index contributed by atoms with van der Waals surface area (Å²) >= 11 is 5.88. The summed E-state index contributed by atoms with van der Waals surface area (Å²) in [6, 6.07) is 23.4. The maximum absolute atomic E-state index is 12.6. The Kier molecular flexibility index (Phi) is 7.15. The van der Waals surface area contributed by atoms with E-state index in [1.54, 1.807) is 19.4 Å². The van der Waals surface area contributed by atoms with Gasteiger partial charge in [0.25, 0.3) is 0 Å². The normalized spacial score (nSPS) is 16.8. The SMILES string of the molecule is COC(=O)c1ccccc1-n1c(C)cc([C@H]2[C@@H](c3ccccn3)NC(=S)N2Cc2ccc(OC)cc2)c1C. The largest absolute Gasteiger partial charge is 0.497 e. The molecule has 1 aliphatic rings. The van der Waals surface area contributed by atoms with Crippen LogP contribution in [0.1, 0.15) is 50.7 Å². The van der Waals surface area contributed by atoms with E-state index in [2.05, 4.69) is 51.8 Å². The minimum Gasteiger partial charge on any atom is -0.497 e. The van der Waals surface area contributed by atoms with Gasteiger partial charge in [-0.2, -0.15) is 0 Å². The number of hydrogen-bond donors (Lipinski definition) is 1. The molecule has 0 saturated carbocycles. The minimum atomic E-state index is -0.370. The van der Waals surface area contributed by atoms with Crippen LogP contribution in [0.2, 0.25) is 0 Å². The molecule has 1 N–H and O–H groups in total. The molecule has 1 saturated heterocycles. The number of carbonyl (C=O) groups excluding carboxylic acids is 1. The quantitative estimate of drug-likeness (QED) is 0.253. The molecule has 3 heterocycles. The van der Waals surface area contributed by atoms with Crippen LogP contribution in [0.25, 0.3) is 5.69 Å². The van der Waals surface area contributed by atoms with Gasteiger partial charge in [0.2, 0.25) is 0 Å². The summed E-state index contributed by atoms with van der Waals surface area (Å²) in [5.41, 5.74) is 6.47. The number of para-hydroxylation sites is 1. The van der Waals surface area contributed by atoms with Crippen molar-refractivity contribution in [2.45, 2.75) is 32.5 Å². The second kappa shape index (κ2) is 10.7. The molecule has 0 bridgehead atoms. The van der Waals surface area contributed by atoms with Gasteiger partial charge in [0.05, 0.1) is 43.2 Å². The van der Waals surface area contributed by atoms with Crippen LogP contribution < -0.4 is 10.1 Å². The molecule has 2 aromatic heterocycles. The van der Waals surface area contributed by atoms with Gasteiger partial charge in [-0.1, -0.05) is 30.3 Å². The topological polar surface area (TPSA) is 68.6 Å². The monoisotopic (exact) mass is 526 g/mol. The Morgan fingerprint density at radius 3 is 2.45 bits per heavy atom. The van der Waals surface area contributed by atoms with Crippen LogP contribution in [0.3, 0.4) is 0 Å². The molecule has 0 radical (unpaired) electrons. The molecule has 0 unspecified atom stereocenters. The van der Waals surface area contributed by atoms with Crippen LogP contribution in [-0.2, 0) is 11.3 Å². The first kappa shape index (κ1) is 25.5. The number of nitrogens with zero attached hydrogens (tertiary/aromatic N) is 3. The molecule has 0 spiro atoms. The second-order valence-corrected chi connectivity index (χ2v) is 9.66. The highest BCUT2D eigenvalue weighted by molar-refractivity contribution is 7.80. The van der Waals surface area contributed by atoms with Crippen molar-refractivity contribution in [1.29, 1.82) is 0 Å². The highest BCUT2D eigenvalue weighted by Gasteiger charge is 2.41. The van der Waals surface area contributed by atoms with E-state index in [0.717, 1.165) is 39.6 Å². The fraction of sp³-hybridized carbons (Fsp3) is 0.233. The Balaban J connectivity index is 1.62. The fourth-order valence-electron chi connectivity index (χ4n) is 5.25. The van der Waals surface area contributed by atoms with Crippen molar-refractivity contribution < 1.29 is 14.3 Å². The van der Waals surface area contributed by atoms with Gasteiger partial charge >= 0.3 is 5.97 Å². The number of methoxy groups -OCH3 is 2. The lowest BCUT2D eigenvalue weighted by Crippen LogP contribution is -2.29. The number of benzene rings is 2. The third-order valence-electron chi connectivity index (χ3n) is 7.05. The van der Waals surface area contributed by atoms with Crippen LogP contribution in [0, 0.1) is 13.8 Å². The number of hydrogen-bond acceptors (Lipinski definition) is 5. The summed E-state index contributed by atoms with van der Waals surface area (Å²) in [6.45, 7) is 4.75. The van der Waals surface area contributed by atoms with E-state index in [1.807, 2.05) is 48.5 Å². The zero-order chi connectivity index (χ0) is 26.8. The van der Waals surface area contributed by atoms with Crippen molar-refractivity contribution in [3.8, 4) is 11.4 Å². The molecule has 2 atom stereocenters. The van der Waals surface area contributed by atoms with E-state index in [0.29, 0.717) is 17.2 Å². The Morgan fingerprint density at radius 2 is 1.76 bits per heavy atom. The number of rotatable bonds is 7. The lowest BCUT2D eigenvalue weighted by molar-refractivity contribution is 0.0600. The van der Waals surface area contributed by atoms with Crippen molar-refractivity contribution >= 4 is 23.3 Å². The number of thiocarbonyl (C=S) groups is 1. The summed E-state index contributed by atoms with van der Waals surface area (Å²) in [6.07, 6.45) is 1.80. The van der Waals surface area contributed by atoms with Crippen molar-refractivity contribution in [2.24, 2.45) is 0 Å². The molecule has 194 valence electrons. The van der Waals surface area contributed by atoms with E-state index in [1.165, 1.54) is 7.11 Å². The highest BCUT2D eigenvalue weighted by atomic mass is 32.1. The average molecular weight is 527 g/mol. The van der Waals surface area contributed by atoms with Gasteiger partial charge < -0.3 is 24.3 Å². The lowest BCUT2D eigenvalue weighted by Gasteiger charge is -2.28. The first-order valence-electron chi connectivity index (χ1n) is 12.4. The lowest BCUT2D eigenvalue weighted by atomic mass is 9.96. The minimum absolute atomic E-state index is 0.121. The number of nitrogens with one attached hydrogen (secondary N) is 1. The van der Waals surface area contributed by atoms with Crippen LogP contribution >= 0.6 is 12.2 Å². The molecular formula is C30H30N4O3S. The van der Waals surface area contributed by atoms with E-state index >= 15 is 0 Å². The van der Waals surface area contributed by atoms with Gasteiger partial charge in [0.1, 0.15) is 5.75 Å². The first-order valence-corrected chi connectivity index (χ1v) is 12.8. The summed E-state index contributed by atoms with van der Waals surface area (Å²) in [5, 5.41) is 4.20. The van der Waals surface area contributed by atoms with Gasteiger partial charge in [-0.25, -0.2) is 4.79 Å². The molecule has 1 fully saturated rings. The summed E-state index contributed by atoms with van der Waals surface area (Å²) in [4.78, 5) is 19.5. The van der Waals surface area contributed by atoms with E-state index < -0.39 is 0 Å². The number of aromatic nitrogens is 2. The maximum atomic E-state index is 12.6. The molecule has 0 aliphatic carbocycles. The van der Waals surface area contributed by atoms with Gasteiger partial charge in [0.15, 0.2) is 5.11 Å². The van der Waals surface area contributed by atoms with Gasteiger partial charge in [-0.15, -0.1) is 0 Å². The molecule has 1 aliphatic heterocycles. The van der Waals surface area contributed by atoms with E-state index in [4.69, 9.17) is 21.7 Å². The summed E-state index contributed by atoms with van der Waals surface area (Å²) in [5.74, 6) is 0.442. The number of aryl methyl sites for hydroxylation is 1. The molecule has 2 aromatic carbocycles. The zero-order valence-electron chi connectivity index (χ0n) is 21.8. The Hall–Kier alpha value is -4.17. The fourth-order valence-corrected chi connectivity index (χ4v) is 5.56. The van der Waals surface area contributed by atoms with E-state index in [9.17, 15) is 4.79 Å². The smallest absolute Gasteiger partial charge is 0.339 e. The number of esters is 1. The Bertz CT molecular complexity index is 1470. The molecule has 5 rings (SSSR count). The molecule has 4 aromatic rings. The maximum Gasteiger partial charge on any atom is 0.339 e. The molecule has 38 heavy (non-hydrogen) atoms. The van der Waals surface area contributed by atoms with Gasteiger partial charge in [-0.05, 0) is 79.7 Å². The van der Waals surface area contributed by atoms with Crippen LogP contribution in [-0.4, -0.2) is 39.8 Å². The molecule has 0 amide bonds. The van der Waals surface area contributed by atoms with Gasteiger partial charge in [0, 0.05) is 24.1 Å². The second-order valence-electron chi connectivity index (χ2n) is 9.27. The van der Waals surface area contributed by atoms with E-state index in [-0.39, 0.29) is 18.1 Å². The van der Waals surface area contributed by atoms with Gasteiger partial charge in [-0.3, -0.25) is 4.98 Å². The average Bonchev–Trinajstić information content (AvgIpc) is 3.43. The van der Waals surface area contributed by atoms with Crippen molar-refractivity contribution in [3.63, 3.8) is 0 Å². The predicted molar refractivity (Wildman–Crippen MR) is 151 cm³/mol. The standard InChI is InChI=1S/C30H30N4O3S/c1-19-17-24(20(2)34(19)26-11-6-5-9-23(26)29(35)37-4)28-27(25-10-7-8-16-31-25)32-30(38)33(28)18-21-12-14-22(36-3)15-13-21/h5-17,27-28H,18H2,1-4H3,(H,32,38)/t27-,28+/m1/s1. The molecule has 7 nitrogen and oxygen atoms in total. The third kappa shape index (κ3) is 4.63.